The number of carbonyl (C=O) groups excluding carboxylic acids is 1. The van der Waals surface area contributed by atoms with Crippen LogP contribution in [0, 0.1) is 5.82 Å². The second-order valence-electron chi connectivity index (χ2n) is 9.82. The minimum atomic E-state index is -0.563. The first-order valence-electron chi connectivity index (χ1n) is 11.5. The van der Waals surface area contributed by atoms with Crippen LogP contribution in [0.4, 0.5) is 14.9 Å². The highest BCUT2D eigenvalue weighted by Crippen LogP contribution is 2.44. The Morgan fingerprint density at radius 1 is 1.26 bits per heavy atom. The molecule has 1 aliphatic heterocycles. The van der Waals surface area contributed by atoms with Crippen molar-refractivity contribution >= 4 is 56.2 Å². The molecule has 0 N–H and O–H groups in total. The van der Waals surface area contributed by atoms with Crippen molar-refractivity contribution in [2.45, 2.75) is 39.3 Å². The second kappa shape index (κ2) is 8.45. The quantitative estimate of drug-likeness (QED) is 0.319. The number of ether oxygens (including phenoxy) is 2. The van der Waals surface area contributed by atoms with Gasteiger partial charge in [0.05, 0.1) is 34.8 Å². The van der Waals surface area contributed by atoms with Gasteiger partial charge >= 0.3 is 6.09 Å². The SMILES string of the molecule is COc1cnc2c(cc(Cl)c3c2oc2cccc(F)c23)c1N1CCN(C(=O)OC(C)(C)C)C(C)C1. The minimum absolute atomic E-state index is 0.106. The van der Waals surface area contributed by atoms with E-state index < -0.39 is 11.4 Å². The highest BCUT2D eigenvalue weighted by molar-refractivity contribution is 6.40. The Balaban J connectivity index is 1.61. The monoisotopic (exact) mass is 499 g/mol. The smallest absolute Gasteiger partial charge is 0.410 e. The molecule has 1 amide bonds. The summed E-state index contributed by atoms with van der Waals surface area (Å²) < 4.78 is 31.9. The number of halogens is 2. The molecule has 0 radical (unpaired) electrons. The van der Waals surface area contributed by atoms with Crippen LogP contribution >= 0.6 is 11.6 Å². The van der Waals surface area contributed by atoms with Gasteiger partial charge in [-0.2, -0.15) is 0 Å². The molecule has 1 saturated heterocycles. The molecule has 3 heterocycles. The van der Waals surface area contributed by atoms with Gasteiger partial charge in [-0.3, -0.25) is 0 Å². The number of hydrogen-bond donors (Lipinski definition) is 0. The third-order valence-electron chi connectivity index (χ3n) is 6.24. The van der Waals surface area contributed by atoms with Crippen molar-refractivity contribution in [3.63, 3.8) is 0 Å². The van der Waals surface area contributed by atoms with E-state index in [0.717, 1.165) is 11.1 Å². The molecule has 4 aromatic rings. The summed E-state index contributed by atoms with van der Waals surface area (Å²) in [6.07, 6.45) is 1.31. The molecule has 2 aromatic carbocycles. The molecule has 184 valence electrons. The van der Waals surface area contributed by atoms with Gasteiger partial charge < -0.3 is 23.7 Å². The predicted molar refractivity (Wildman–Crippen MR) is 135 cm³/mol. The Hall–Kier alpha value is -3.26. The number of anilines is 1. The molecule has 1 aliphatic rings. The highest BCUT2D eigenvalue weighted by Gasteiger charge is 2.33. The topological polar surface area (TPSA) is 68.0 Å². The van der Waals surface area contributed by atoms with Crippen LogP contribution in [0.3, 0.4) is 0 Å². The van der Waals surface area contributed by atoms with E-state index in [-0.39, 0.29) is 12.1 Å². The molecule has 0 aliphatic carbocycles. The average Bonchev–Trinajstić information content (AvgIpc) is 3.19. The number of aromatic nitrogens is 1. The van der Waals surface area contributed by atoms with Gasteiger partial charge in [-0.15, -0.1) is 0 Å². The van der Waals surface area contributed by atoms with Crippen molar-refractivity contribution < 1.29 is 23.1 Å². The molecular formula is C26H27ClFN3O4. The molecule has 35 heavy (non-hydrogen) atoms. The molecule has 0 spiro atoms. The summed E-state index contributed by atoms with van der Waals surface area (Å²) in [4.78, 5) is 21.2. The fraction of sp³-hybridized carbons (Fsp3) is 0.385. The third-order valence-corrected chi connectivity index (χ3v) is 6.53. The number of nitrogens with zero attached hydrogens (tertiary/aromatic N) is 3. The maximum absolute atomic E-state index is 14.7. The van der Waals surface area contributed by atoms with E-state index in [1.807, 2.05) is 27.7 Å². The van der Waals surface area contributed by atoms with Gasteiger partial charge in [0.2, 0.25) is 0 Å². The Morgan fingerprint density at radius 2 is 2.03 bits per heavy atom. The first-order chi connectivity index (χ1) is 16.6. The lowest BCUT2D eigenvalue weighted by molar-refractivity contribution is 0.0159. The summed E-state index contributed by atoms with van der Waals surface area (Å²) in [5.74, 6) is 0.177. The number of fused-ring (bicyclic) bond motifs is 5. The zero-order chi connectivity index (χ0) is 25.1. The number of pyridine rings is 1. The number of furan rings is 1. The van der Waals surface area contributed by atoms with Gasteiger partial charge in [0.25, 0.3) is 0 Å². The minimum Gasteiger partial charge on any atom is -0.493 e. The van der Waals surface area contributed by atoms with Crippen LogP contribution in [-0.2, 0) is 4.74 Å². The Kier molecular flexibility index (Phi) is 5.67. The molecule has 7 nitrogen and oxygen atoms in total. The summed E-state index contributed by atoms with van der Waals surface area (Å²) in [6.45, 7) is 9.15. The van der Waals surface area contributed by atoms with Crippen molar-refractivity contribution in [2.75, 3.05) is 31.6 Å². The summed E-state index contributed by atoms with van der Waals surface area (Å²) in [7, 11) is 1.59. The lowest BCUT2D eigenvalue weighted by Crippen LogP contribution is -2.55. The third kappa shape index (κ3) is 3.99. The van der Waals surface area contributed by atoms with Crippen LogP contribution in [0.5, 0.6) is 5.75 Å². The second-order valence-corrected chi connectivity index (χ2v) is 10.2. The van der Waals surface area contributed by atoms with E-state index in [2.05, 4.69) is 9.88 Å². The van der Waals surface area contributed by atoms with Crippen LogP contribution in [0.25, 0.3) is 32.8 Å². The molecule has 0 bridgehead atoms. The molecule has 0 saturated carbocycles. The maximum Gasteiger partial charge on any atom is 0.410 e. The van der Waals surface area contributed by atoms with E-state index in [1.165, 1.54) is 6.07 Å². The average molecular weight is 500 g/mol. The summed E-state index contributed by atoms with van der Waals surface area (Å²) >= 11 is 6.71. The van der Waals surface area contributed by atoms with Crippen LogP contribution in [0.15, 0.2) is 34.9 Å². The molecule has 9 heteroatoms. The van der Waals surface area contributed by atoms with E-state index >= 15 is 0 Å². The Labute approximate surface area is 207 Å². The van der Waals surface area contributed by atoms with Crippen molar-refractivity contribution in [2.24, 2.45) is 0 Å². The maximum atomic E-state index is 14.7. The number of amides is 1. The molecule has 5 rings (SSSR count). The van der Waals surface area contributed by atoms with Crippen molar-refractivity contribution in [3.8, 4) is 5.75 Å². The van der Waals surface area contributed by atoms with E-state index in [4.69, 9.17) is 25.5 Å². The van der Waals surface area contributed by atoms with Crippen LogP contribution < -0.4 is 9.64 Å². The number of piperazine rings is 1. The Morgan fingerprint density at radius 3 is 2.71 bits per heavy atom. The Bertz CT molecular complexity index is 1460. The summed E-state index contributed by atoms with van der Waals surface area (Å²) in [5.41, 5.74) is 1.65. The van der Waals surface area contributed by atoms with Gasteiger partial charge in [0, 0.05) is 31.1 Å². The number of carbonyl (C=O) groups is 1. The zero-order valence-corrected chi connectivity index (χ0v) is 21.1. The van der Waals surface area contributed by atoms with Gasteiger partial charge in [-0.05, 0) is 45.9 Å². The van der Waals surface area contributed by atoms with Crippen molar-refractivity contribution in [3.05, 3.63) is 41.3 Å². The van der Waals surface area contributed by atoms with Crippen LogP contribution in [0.2, 0.25) is 5.02 Å². The largest absolute Gasteiger partial charge is 0.493 e. The fourth-order valence-corrected chi connectivity index (χ4v) is 5.03. The standard InChI is InChI=1S/C26H27ClFN3O4/c1-14-13-30(9-10-31(14)25(32)35-26(2,3)4)23-15-11-16(27)20-21-17(28)7-6-8-18(21)34-24(20)22(15)29-12-19(23)33-5/h6-8,11-12,14H,9-10,13H2,1-5H3. The lowest BCUT2D eigenvalue weighted by Gasteiger charge is -2.41. The van der Waals surface area contributed by atoms with Gasteiger partial charge in [-0.25, -0.2) is 14.2 Å². The molecule has 1 atom stereocenters. The van der Waals surface area contributed by atoms with E-state index in [9.17, 15) is 9.18 Å². The number of rotatable bonds is 2. The van der Waals surface area contributed by atoms with Crippen molar-refractivity contribution in [1.82, 2.24) is 9.88 Å². The number of methoxy groups -OCH3 is 1. The molecule has 1 unspecified atom stereocenters. The summed E-state index contributed by atoms with van der Waals surface area (Å²) in [6, 6.07) is 6.38. The van der Waals surface area contributed by atoms with Gasteiger partial charge in [0.1, 0.15) is 22.5 Å². The summed E-state index contributed by atoms with van der Waals surface area (Å²) in [5, 5.41) is 1.94. The predicted octanol–water partition coefficient (Wildman–Crippen LogP) is 6.38. The zero-order valence-electron chi connectivity index (χ0n) is 20.3. The highest BCUT2D eigenvalue weighted by atomic mass is 35.5. The molecule has 2 aromatic heterocycles. The van der Waals surface area contributed by atoms with Crippen molar-refractivity contribution in [1.29, 1.82) is 0 Å². The molecular weight excluding hydrogens is 473 g/mol. The first-order valence-corrected chi connectivity index (χ1v) is 11.9. The van der Waals surface area contributed by atoms with E-state index in [1.54, 1.807) is 36.4 Å². The van der Waals surface area contributed by atoms with Crippen LogP contribution in [0.1, 0.15) is 27.7 Å². The molecule has 1 fully saturated rings. The first kappa shape index (κ1) is 23.5. The lowest BCUT2D eigenvalue weighted by atomic mass is 10.1. The van der Waals surface area contributed by atoms with Gasteiger partial charge in [-0.1, -0.05) is 17.7 Å². The number of hydrogen-bond acceptors (Lipinski definition) is 6. The van der Waals surface area contributed by atoms with E-state index in [0.29, 0.717) is 57.9 Å². The number of benzene rings is 2. The normalized spacial score (nSPS) is 16.9. The van der Waals surface area contributed by atoms with Crippen LogP contribution in [-0.4, -0.2) is 54.4 Å². The fourth-order valence-electron chi connectivity index (χ4n) is 4.74. The van der Waals surface area contributed by atoms with Gasteiger partial charge in [0.15, 0.2) is 11.3 Å².